The summed E-state index contributed by atoms with van der Waals surface area (Å²) in [4.78, 5) is 20.1. The van der Waals surface area contributed by atoms with Gasteiger partial charge in [0.15, 0.2) is 0 Å². The molecule has 0 bridgehead atoms. The number of carbonyl (C=O) groups excluding carboxylic acids is 1. The lowest BCUT2D eigenvalue weighted by molar-refractivity contribution is -0.141. The highest BCUT2D eigenvalue weighted by Gasteiger charge is 2.43. The second-order valence-electron chi connectivity index (χ2n) is 7.10. The number of amides is 1. The van der Waals surface area contributed by atoms with Gasteiger partial charge >= 0.3 is 12.4 Å². The van der Waals surface area contributed by atoms with Gasteiger partial charge in [0.1, 0.15) is 28.3 Å². The molecule has 4 aromatic rings. The third-order valence-corrected chi connectivity index (χ3v) is 4.71. The van der Waals surface area contributed by atoms with E-state index in [1.54, 1.807) is 13.0 Å². The molecule has 7 nitrogen and oxygen atoms in total. The van der Waals surface area contributed by atoms with E-state index in [4.69, 9.17) is 0 Å². The van der Waals surface area contributed by atoms with Gasteiger partial charge in [-0.05, 0) is 31.2 Å². The van der Waals surface area contributed by atoms with Crippen molar-refractivity contribution < 1.29 is 31.1 Å². The zero-order valence-corrected chi connectivity index (χ0v) is 17.0. The van der Waals surface area contributed by atoms with Crippen LogP contribution in [0.3, 0.4) is 0 Å². The van der Waals surface area contributed by atoms with E-state index in [1.165, 1.54) is 22.7 Å². The molecule has 0 radical (unpaired) electrons. The fourth-order valence-electron chi connectivity index (χ4n) is 3.41. The molecule has 4 rings (SSSR count). The quantitative estimate of drug-likeness (QED) is 0.441. The lowest BCUT2D eigenvalue weighted by atomic mass is 10.1. The summed E-state index contributed by atoms with van der Waals surface area (Å²) < 4.78 is 83.2. The van der Waals surface area contributed by atoms with Gasteiger partial charge in [0, 0.05) is 25.1 Å². The Morgan fingerprint density at radius 2 is 1.79 bits per heavy atom. The number of hydrogen-bond acceptors (Lipinski definition) is 4. The van der Waals surface area contributed by atoms with Crippen LogP contribution in [0.2, 0.25) is 0 Å². The molecule has 1 amide bonds. The number of alkyl halides is 6. The second-order valence-corrected chi connectivity index (χ2v) is 7.10. The molecule has 0 atom stereocenters. The zero-order valence-electron chi connectivity index (χ0n) is 17.0. The summed E-state index contributed by atoms with van der Waals surface area (Å²) in [5.41, 5.74) is -3.41. The molecule has 0 saturated carbocycles. The van der Waals surface area contributed by atoms with E-state index in [0.717, 1.165) is 24.0 Å². The monoisotopic (exact) mass is 468 g/mol. The summed E-state index contributed by atoms with van der Waals surface area (Å²) >= 11 is 0. The maximum atomic E-state index is 14.1. The summed E-state index contributed by atoms with van der Waals surface area (Å²) in [5, 5.41) is 5.99. The average Bonchev–Trinajstić information content (AvgIpc) is 3.26. The van der Waals surface area contributed by atoms with E-state index < -0.39 is 40.9 Å². The van der Waals surface area contributed by atoms with Crippen LogP contribution in [0.25, 0.3) is 17.0 Å². The predicted molar refractivity (Wildman–Crippen MR) is 104 cm³/mol. The van der Waals surface area contributed by atoms with Crippen LogP contribution in [0.4, 0.5) is 32.0 Å². The normalized spacial score (nSPS) is 12.4. The third-order valence-electron chi connectivity index (χ3n) is 4.71. The number of fused-ring (bicyclic) bond motifs is 1. The van der Waals surface area contributed by atoms with Crippen molar-refractivity contribution in [3.63, 3.8) is 0 Å². The minimum Gasteiger partial charge on any atom is -0.321 e. The van der Waals surface area contributed by atoms with E-state index >= 15 is 0 Å². The highest BCUT2D eigenvalue weighted by molar-refractivity contribution is 6.05. The maximum absolute atomic E-state index is 14.1. The molecule has 0 aliphatic rings. The van der Waals surface area contributed by atoms with Gasteiger partial charge in [-0.3, -0.25) is 18.9 Å². The molecule has 4 aromatic heterocycles. The first-order chi connectivity index (χ1) is 15.4. The van der Waals surface area contributed by atoms with Crippen molar-refractivity contribution in [2.75, 3.05) is 5.32 Å². The summed E-state index contributed by atoms with van der Waals surface area (Å²) in [6.07, 6.45) is -7.47. The summed E-state index contributed by atoms with van der Waals surface area (Å²) in [6, 6.07) is 6.05. The predicted octanol–water partition coefficient (Wildman–Crippen LogP) is 4.73. The van der Waals surface area contributed by atoms with Crippen LogP contribution in [0.15, 0.2) is 42.7 Å². The first-order valence-corrected chi connectivity index (χ1v) is 9.30. The lowest BCUT2D eigenvalue weighted by Gasteiger charge is -2.12. The molecule has 172 valence electrons. The van der Waals surface area contributed by atoms with Crippen molar-refractivity contribution in [2.45, 2.75) is 19.3 Å². The molecule has 13 heteroatoms. The largest absolute Gasteiger partial charge is 0.433 e. The molecule has 0 fully saturated rings. The number of anilines is 1. The molecule has 0 unspecified atom stereocenters. The van der Waals surface area contributed by atoms with Gasteiger partial charge in [-0.2, -0.15) is 31.4 Å². The Balaban J connectivity index is 1.83. The Kier molecular flexibility index (Phi) is 5.14. The van der Waals surface area contributed by atoms with Crippen LogP contribution >= 0.6 is 0 Å². The average molecular weight is 468 g/mol. The van der Waals surface area contributed by atoms with Crippen LogP contribution in [-0.4, -0.2) is 30.1 Å². The first-order valence-electron chi connectivity index (χ1n) is 9.30. The van der Waals surface area contributed by atoms with E-state index in [0.29, 0.717) is 17.4 Å². The van der Waals surface area contributed by atoms with E-state index in [2.05, 4.69) is 20.4 Å². The van der Waals surface area contributed by atoms with Crippen molar-refractivity contribution in [1.29, 1.82) is 0 Å². The summed E-state index contributed by atoms with van der Waals surface area (Å²) in [5.74, 6) is -1.28. The van der Waals surface area contributed by atoms with E-state index in [-0.39, 0.29) is 11.4 Å². The van der Waals surface area contributed by atoms with Crippen LogP contribution < -0.4 is 5.32 Å². The molecule has 0 spiro atoms. The van der Waals surface area contributed by atoms with Crippen LogP contribution in [0.5, 0.6) is 0 Å². The number of imidazole rings is 1. The number of aromatic nitrogens is 5. The molecule has 33 heavy (non-hydrogen) atoms. The molecule has 0 aliphatic carbocycles. The molecule has 0 aromatic carbocycles. The topological polar surface area (TPSA) is 77.1 Å². The number of aryl methyl sites for hydroxylation is 2. The zero-order chi connectivity index (χ0) is 24.1. The second kappa shape index (κ2) is 7.60. The van der Waals surface area contributed by atoms with Crippen LogP contribution in [-0.2, 0) is 19.4 Å². The number of nitrogens with zero attached hydrogens (tertiary/aromatic N) is 5. The van der Waals surface area contributed by atoms with Crippen LogP contribution in [0.1, 0.15) is 27.4 Å². The van der Waals surface area contributed by atoms with Crippen molar-refractivity contribution in [3.05, 3.63) is 65.4 Å². The van der Waals surface area contributed by atoms with Gasteiger partial charge in [-0.1, -0.05) is 6.07 Å². The Labute approximate surface area is 181 Å². The molecule has 0 aliphatic heterocycles. The molecule has 4 heterocycles. The molecular weight excluding hydrogens is 454 g/mol. The van der Waals surface area contributed by atoms with Gasteiger partial charge in [-0.15, -0.1) is 0 Å². The van der Waals surface area contributed by atoms with Crippen molar-refractivity contribution >= 4 is 17.2 Å². The Hall–Kier alpha value is -3.90. The maximum Gasteiger partial charge on any atom is 0.433 e. The number of rotatable bonds is 3. The molecule has 1 N–H and O–H groups in total. The number of halogens is 6. The minimum absolute atomic E-state index is 0.0401. The number of nitrogens with one attached hydrogen (secondary N) is 1. The first kappa shape index (κ1) is 22.3. The smallest absolute Gasteiger partial charge is 0.321 e. The van der Waals surface area contributed by atoms with E-state index in [9.17, 15) is 31.1 Å². The standard InChI is InChI=1S/C20H14F6N6O/c1-10-9-32-12(4-3-5-14(32)28-10)16-15(20(24,25)26)17(31(2)30-16)18(33)29-11-6-7-27-13(8-11)19(21,22)23/h3-9H,1-2H3,(H,27,29,33). The number of pyridine rings is 2. The van der Waals surface area contributed by atoms with Gasteiger partial charge in [0.2, 0.25) is 0 Å². The Bertz CT molecular complexity index is 1370. The van der Waals surface area contributed by atoms with Crippen molar-refractivity contribution in [2.24, 2.45) is 7.05 Å². The van der Waals surface area contributed by atoms with Crippen molar-refractivity contribution in [3.8, 4) is 11.4 Å². The van der Waals surface area contributed by atoms with Crippen LogP contribution in [0, 0.1) is 6.92 Å². The van der Waals surface area contributed by atoms with Gasteiger partial charge in [0.05, 0.1) is 11.4 Å². The lowest BCUT2D eigenvalue weighted by Crippen LogP contribution is -2.21. The Morgan fingerprint density at radius 1 is 1.06 bits per heavy atom. The van der Waals surface area contributed by atoms with E-state index in [1.807, 2.05) is 0 Å². The number of carbonyl (C=O) groups is 1. The van der Waals surface area contributed by atoms with Gasteiger partial charge < -0.3 is 5.32 Å². The fourth-order valence-corrected chi connectivity index (χ4v) is 3.41. The van der Waals surface area contributed by atoms with Gasteiger partial charge in [0.25, 0.3) is 5.91 Å². The highest BCUT2D eigenvalue weighted by Crippen LogP contribution is 2.39. The summed E-state index contributed by atoms with van der Waals surface area (Å²) in [6.45, 7) is 1.67. The highest BCUT2D eigenvalue weighted by atomic mass is 19.4. The summed E-state index contributed by atoms with van der Waals surface area (Å²) in [7, 11) is 1.14. The third kappa shape index (κ3) is 4.13. The SMILES string of the molecule is Cc1cn2c(-c3nn(C)c(C(=O)Nc4ccnc(C(F)(F)F)c4)c3C(F)(F)F)cccc2n1. The minimum atomic E-state index is -5.00. The van der Waals surface area contributed by atoms with Crippen molar-refractivity contribution in [1.82, 2.24) is 24.1 Å². The fraction of sp³-hybridized carbons (Fsp3) is 0.200. The molecular formula is C20H14F6N6O. The Morgan fingerprint density at radius 3 is 2.45 bits per heavy atom. The molecule has 0 saturated heterocycles. The van der Waals surface area contributed by atoms with Gasteiger partial charge in [-0.25, -0.2) is 4.98 Å². The number of hydrogen-bond donors (Lipinski definition) is 1.